The number of methoxy groups -OCH3 is 1. The Hall–Kier alpha value is -0.980. The first-order chi connectivity index (χ1) is 5.16. The number of hydrogen-bond donors (Lipinski definition) is 0. The molecule has 0 aliphatic carbocycles. The molecule has 0 atom stereocenters. The first-order valence-corrected chi connectivity index (χ1v) is 3.63. The summed E-state index contributed by atoms with van der Waals surface area (Å²) in [6, 6.07) is 3.92. The van der Waals surface area contributed by atoms with Crippen LogP contribution in [0.3, 0.4) is 0 Å². The highest BCUT2D eigenvalue weighted by Crippen LogP contribution is 2.22. The van der Waals surface area contributed by atoms with E-state index in [1.807, 2.05) is 19.1 Å². The van der Waals surface area contributed by atoms with Crippen LogP contribution in [0.2, 0.25) is 0 Å². The number of hydrogen-bond acceptors (Lipinski definition) is 1. The van der Waals surface area contributed by atoms with Crippen molar-refractivity contribution in [3.05, 3.63) is 35.7 Å². The van der Waals surface area contributed by atoms with Crippen LogP contribution < -0.4 is 4.74 Å². The van der Waals surface area contributed by atoms with E-state index in [4.69, 9.17) is 4.74 Å². The second-order valence-corrected chi connectivity index (χ2v) is 2.68. The highest BCUT2D eigenvalue weighted by molar-refractivity contribution is 5.44. The van der Waals surface area contributed by atoms with Crippen LogP contribution in [0.4, 0.5) is 0 Å². The molecule has 0 saturated carbocycles. The van der Waals surface area contributed by atoms with E-state index in [0.29, 0.717) is 0 Å². The monoisotopic (exact) mass is 149 g/mol. The molecule has 0 aromatic heterocycles. The van der Waals surface area contributed by atoms with Gasteiger partial charge in [0.1, 0.15) is 5.75 Å². The third-order valence-corrected chi connectivity index (χ3v) is 2.07. The van der Waals surface area contributed by atoms with Crippen LogP contribution >= 0.6 is 0 Å². The van der Waals surface area contributed by atoms with Gasteiger partial charge >= 0.3 is 0 Å². The average molecular weight is 149 g/mol. The Kier molecular flexibility index (Phi) is 2.18. The van der Waals surface area contributed by atoms with Gasteiger partial charge < -0.3 is 4.74 Å². The second kappa shape index (κ2) is 2.95. The smallest absolute Gasteiger partial charge is 0.122 e. The van der Waals surface area contributed by atoms with Gasteiger partial charge in [0.25, 0.3) is 0 Å². The zero-order valence-corrected chi connectivity index (χ0v) is 7.27. The SMILES string of the molecule is [CH2]c1ccc(OC)c(C)c1C. The molecule has 0 heterocycles. The molecule has 59 valence electrons. The lowest BCUT2D eigenvalue weighted by atomic mass is 10.0. The van der Waals surface area contributed by atoms with Crippen molar-refractivity contribution in [2.24, 2.45) is 0 Å². The molecule has 11 heavy (non-hydrogen) atoms. The van der Waals surface area contributed by atoms with E-state index in [-0.39, 0.29) is 0 Å². The van der Waals surface area contributed by atoms with Crippen LogP contribution in [-0.2, 0) is 0 Å². The van der Waals surface area contributed by atoms with Crippen molar-refractivity contribution in [1.82, 2.24) is 0 Å². The van der Waals surface area contributed by atoms with Gasteiger partial charge in [0, 0.05) is 0 Å². The summed E-state index contributed by atoms with van der Waals surface area (Å²) >= 11 is 0. The summed E-state index contributed by atoms with van der Waals surface area (Å²) in [7, 11) is 1.69. The molecule has 1 nitrogen and oxygen atoms in total. The van der Waals surface area contributed by atoms with E-state index in [1.54, 1.807) is 7.11 Å². The molecule has 1 heteroatoms. The molecule has 0 aliphatic rings. The molecule has 1 rings (SSSR count). The normalized spacial score (nSPS) is 9.82. The molecule has 0 N–H and O–H groups in total. The van der Waals surface area contributed by atoms with Crippen molar-refractivity contribution < 1.29 is 4.74 Å². The quantitative estimate of drug-likeness (QED) is 0.596. The van der Waals surface area contributed by atoms with E-state index in [9.17, 15) is 0 Å². The minimum Gasteiger partial charge on any atom is -0.496 e. The van der Waals surface area contributed by atoms with Crippen molar-refractivity contribution in [3.63, 3.8) is 0 Å². The summed E-state index contributed by atoms with van der Waals surface area (Å²) in [5, 5.41) is 0. The molecular formula is C10H13O. The van der Waals surface area contributed by atoms with E-state index < -0.39 is 0 Å². The van der Waals surface area contributed by atoms with Gasteiger partial charge in [0.05, 0.1) is 7.11 Å². The Morgan fingerprint density at radius 1 is 1.18 bits per heavy atom. The lowest BCUT2D eigenvalue weighted by Gasteiger charge is -2.08. The lowest BCUT2D eigenvalue weighted by Crippen LogP contribution is -1.91. The molecule has 1 aromatic carbocycles. The molecule has 0 spiro atoms. The molecule has 0 saturated heterocycles. The highest BCUT2D eigenvalue weighted by Gasteiger charge is 2.01. The average Bonchev–Trinajstić information content (AvgIpc) is 2.01. The number of benzene rings is 1. The molecule has 0 amide bonds. The van der Waals surface area contributed by atoms with Gasteiger partial charge in [0.15, 0.2) is 0 Å². The summed E-state index contributed by atoms with van der Waals surface area (Å²) in [6.07, 6.45) is 0. The minimum absolute atomic E-state index is 0.940. The van der Waals surface area contributed by atoms with Gasteiger partial charge in [-0.25, -0.2) is 0 Å². The fourth-order valence-corrected chi connectivity index (χ4v) is 1.07. The second-order valence-electron chi connectivity index (χ2n) is 2.68. The Labute approximate surface area is 68.0 Å². The molecule has 0 fully saturated rings. The molecule has 0 unspecified atom stereocenters. The lowest BCUT2D eigenvalue weighted by molar-refractivity contribution is 0.411. The number of ether oxygens (including phenoxy) is 1. The van der Waals surface area contributed by atoms with Crippen molar-refractivity contribution >= 4 is 0 Å². The maximum atomic E-state index is 5.15. The summed E-state index contributed by atoms with van der Waals surface area (Å²) in [5.41, 5.74) is 3.47. The predicted octanol–water partition coefficient (Wildman–Crippen LogP) is 2.49. The van der Waals surface area contributed by atoms with Gasteiger partial charge in [-0.05, 0) is 43.5 Å². The summed E-state index contributed by atoms with van der Waals surface area (Å²) in [5.74, 6) is 0.940. The summed E-state index contributed by atoms with van der Waals surface area (Å²) in [4.78, 5) is 0. The minimum atomic E-state index is 0.940. The summed E-state index contributed by atoms with van der Waals surface area (Å²) in [6.45, 7) is 8.00. The standard InChI is InChI=1S/C10H13O/c1-7-5-6-10(11-4)9(3)8(7)2/h5-6H,1H2,2-4H3. The van der Waals surface area contributed by atoms with Crippen molar-refractivity contribution in [1.29, 1.82) is 0 Å². The summed E-state index contributed by atoms with van der Waals surface area (Å²) < 4.78 is 5.15. The maximum Gasteiger partial charge on any atom is 0.122 e. The fraction of sp³-hybridized carbons (Fsp3) is 0.300. The van der Waals surface area contributed by atoms with Gasteiger partial charge in [-0.2, -0.15) is 0 Å². The molecule has 1 radical (unpaired) electrons. The maximum absolute atomic E-state index is 5.15. The van der Waals surface area contributed by atoms with Crippen LogP contribution in [0.5, 0.6) is 5.75 Å². The topological polar surface area (TPSA) is 9.23 Å². The van der Waals surface area contributed by atoms with E-state index in [2.05, 4.69) is 13.8 Å². The molecule has 0 bridgehead atoms. The van der Waals surface area contributed by atoms with Crippen molar-refractivity contribution in [3.8, 4) is 5.75 Å². The largest absolute Gasteiger partial charge is 0.496 e. The zero-order valence-electron chi connectivity index (χ0n) is 7.27. The zero-order chi connectivity index (χ0) is 8.43. The van der Waals surface area contributed by atoms with Crippen LogP contribution in [0, 0.1) is 20.8 Å². The fourth-order valence-electron chi connectivity index (χ4n) is 1.07. The highest BCUT2D eigenvalue weighted by atomic mass is 16.5. The Morgan fingerprint density at radius 2 is 1.82 bits per heavy atom. The third-order valence-electron chi connectivity index (χ3n) is 2.07. The van der Waals surface area contributed by atoms with E-state index in [0.717, 1.165) is 11.3 Å². The molecular weight excluding hydrogens is 136 g/mol. The Bertz CT molecular complexity index is 264. The first kappa shape index (κ1) is 8.12. The van der Waals surface area contributed by atoms with E-state index in [1.165, 1.54) is 11.1 Å². The van der Waals surface area contributed by atoms with Gasteiger partial charge in [0.2, 0.25) is 0 Å². The molecule has 1 aromatic rings. The predicted molar refractivity (Wildman–Crippen MR) is 46.9 cm³/mol. The van der Waals surface area contributed by atoms with Crippen LogP contribution in [0.15, 0.2) is 12.1 Å². The van der Waals surface area contributed by atoms with Crippen molar-refractivity contribution in [2.75, 3.05) is 7.11 Å². The van der Waals surface area contributed by atoms with Crippen molar-refractivity contribution in [2.45, 2.75) is 13.8 Å². The van der Waals surface area contributed by atoms with Gasteiger partial charge in [-0.15, -0.1) is 0 Å². The van der Waals surface area contributed by atoms with E-state index >= 15 is 0 Å². The van der Waals surface area contributed by atoms with Crippen LogP contribution in [-0.4, -0.2) is 7.11 Å². The van der Waals surface area contributed by atoms with Gasteiger partial charge in [-0.1, -0.05) is 6.07 Å². The number of rotatable bonds is 1. The van der Waals surface area contributed by atoms with Gasteiger partial charge in [-0.3, -0.25) is 0 Å². The third kappa shape index (κ3) is 1.37. The molecule has 0 aliphatic heterocycles. The Morgan fingerprint density at radius 3 is 2.36 bits per heavy atom. The first-order valence-electron chi connectivity index (χ1n) is 3.63. The van der Waals surface area contributed by atoms with Crippen LogP contribution in [0.25, 0.3) is 0 Å². The van der Waals surface area contributed by atoms with Crippen LogP contribution in [0.1, 0.15) is 16.7 Å². The Balaban J connectivity index is 3.25.